The Hall–Kier alpha value is -3.79. The zero-order valence-corrected chi connectivity index (χ0v) is 20.8. The number of fused-ring (bicyclic) bond motifs is 1. The van der Waals surface area contributed by atoms with E-state index in [2.05, 4.69) is 9.72 Å². The third-order valence-corrected chi connectivity index (χ3v) is 6.45. The Morgan fingerprint density at radius 1 is 1.16 bits per heavy atom. The van der Waals surface area contributed by atoms with Crippen molar-refractivity contribution < 1.29 is 37.0 Å². The highest BCUT2D eigenvalue weighted by molar-refractivity contribution is 6.31. The molecule has 0 fully saturated rings. The Labute approximate surface area is 215 Å². The summed E-state index contributed by atoms with van der Waals surface area (Å²) in [6.45, 7) is 1.27. The predicted molar refractivity (Wildman–Crippen MR) is 130 cm³/mol. The van der Waals surface area contributed by atoms with Crippen LogP contribution in [0.4, 0.5) is 18.9 Å². The summed E-state index contributed by atoms with van der Waals surface area (Å²) in [6.07, 6.45) is -3.32. The van der Waals surface area contributed by atoms with Crippen LogP contribution in [-0.2, 0) is 9.53 Å². The molecule has 0 spiro atoms. The summed E-state index contributed by atoms with van der Waals surface area (Å²) < 4.78 is 58.6. The first kappa shape index (κ1) is 26.3. The largest absolute Gasteiger partial charge is 0.482 e. The number of halogens is 4. The van der Waals surface area contributed by atoms with E-state index in [-0.39, 0.29) is 51.5 Å². The van der Waals surface area contributed by atoms with E-state index in [0.29, 0.717) is 5.75 Å². The van der Waals surface area contributed by atoms with Gasteiger partial charge >= 0.3 is 12.1 Å². The van der Waals surface area contributed by atoms with Gasteiger partial charge in [-0.15, -0.1) is 0 Å². The van der Waals surface area contributed by atoms with Crippen molar-refractivity contribution in [3.05, 3.63) is 76.4 Å². The van der Waals surface area contributed by atoms with Gasteiger partial charge in [-0.25, -0.2) is 9.78 Å². The number of pyridine rings is 1. The van der Waals surface area contributed by atoms with Crippen LogP contribution < -0.4 is 14.4 Å². The molecule has 2 atom stereocenters. The molecule has 1 amide bonds. The Morgan fingerprint density at radius 2 is 1.92 bits per heavy atom. The topological polar surface area (TPSA) is 78.0 Å². The maximum atomic E-state index is 14.3. The van der Waals surface area contributed by atoms with Crippen LogP contribution in [0.15, 0.2) is 54.7 Å². The average molecular weight is 535 g/mol. The number of methoxy groups -OCH3 is 1. The quantitative estimate of drug-likeness (QED) is 0.355. The normalized spacial score (nSPS) is 14.9. The van der Waals surface area contributed by atoms with Gasteiger partial charge in [-0.05, 0) is 47.4 Å². The molecule has 1 aliphatic heterocycles. The molecule has 0 N–H and O–H groups in total. The highest BCUT2D eigenvalue weighted by Crippen LogP contribution is 2.48. The lowest BCUT2D eigenvalue weighted by atomic mass is 9.81. The summed E-state index contributed by atoms with van der Waals surface area (Å²) in [6, 6.07) is 11.4. The fourth-order valence-electron chi connectivity index (χ4n) is 4.16. The number of amides is 1. The molecule has 2 unspecified atom stereocenters. The summed E-state index contributed by atoms with van der Waals surface area (Å²) in [5, 5.41) is 0.0824. The average Bonchev–Trinajstić information content (AvgIpc) is 2.86. The minimum atomic E-state index is -4.60. The van der Waals surface area contributed by atoms with Gasteiger partial charge in [-0.2, -0.15) is 13.2 Å². The van der Waals surface area contributed by atoms with E-state index in [1.54, 1.807) is 0 Å². The number of hydrogen-bond acceptors (Lipinski definition) is 6. The van der Waals surface area contributed by atoms with Crippen molar-refractivity contribution in [1.29, 1.82) is 0 Å². The minimum Gasteiger partial charge on any atom is -0.482 e. The molecule has 0 bridgehead atoms. The molecule has 7 nitrogen and oxygen atoms in total. The predicted octanol–water partition coefficient (Wildman–Crippen LogP) is 6.12. The summed E-state index contributed by atoms with van der Waals surface area (Å²) in [5.41, 5.74) is 0.759. The second-order valence-corrected chi connectivity index (χ2v) is 8.85. The summed E-state index contributed by atoms with van der Waals surface area (Å²) in [5.74, 6) is -3.12. The van der Waals surface area contributed by atoms with Crippen LogP contribution in [-0.4, -0.2) is 43.8 Å². The van der Waals surface area contributed by atoms with Crippen molar-refractivity contribution in [3.63, 3.8) is 0 Å². The fraction of sp³-hybridized carbons (Fsp3) is 0.269. The molecule has 4 rings (SSSR count). The molecule has 3 aromatic rings. The fourth-order valence-corrected chi connectivity index (χ4v) is 4.51. The van der Waals surface area contributed by atoms with Gasteiger partial charge < -0.3 is 19.1 Å². The van der Waals surface area contributed by atoms with Gasteiger partial charge in [0.1, 0.15) is 11.5 Å². The maximum Gasteiger partial charge on any atom is 0.396 e. The molecular weight excluding hydrogens is 513 g/mol. The van der Waals surface area contributed by atoms with Gasteiger partial charge in [0.25, 0.3) is 5.91 Å². The van der Waals surface area contributed by atoms with Crippen LogP contribution in [0.5, 0.6) is 17.4 Å². The van der Waals surface area contributed by atoms with E-state index in [0.717, 1.165) is 0 Å². The van der Waals surface area contributed by atoms with Crippen LogP contribution in [0, 0.1) is 0 Å². The SMILES string of the molecule is COC(=O)c1ccc(Oc2ccc(C(C)C(c3ccc4c(c3)N(C)C(=O)CO4)C(F)(F)F)c(Cl)c2)nc1. The van der Waals surface area contributed by atoms with Gasteiger partial charge in [0.2, 0.25) is 5.88 Å². The molecule has 1 aromatic heterocycles. The van der Waals surface area contributed by atoms with Crippen molar-refractivity contribution in [3.8, 4) is 17.4 Å². The van der Waals surface area contributed by atoms with Crippen LogP contribution in [0.3, 0.4) is 0 Å². The Bertz CT molecular complexity index is 1330. The first-order chi connectivity index (χ1) is 17.5. The van der Waals surface area contributed by atoms with E-state index in [1.165, 1.54) is 80.7 Å². The Balaban J connectivity index is 1.60. The lowest BCUT2D eigenvalue weighted by molar-refractivity contribution is -0.154. The Morgan fingerprint density at radius 3 is 2.54 bits per heavy atom. The number of hydrogen-bond donors (Lipinski definition) is 0. The van der Waals surface area contributed by atoms with Crippen molar-refractivity contribution in [2.75, 3.05) is 25.7 Å². The number of alkyl halides is 3. The number of nitrogens with zero attached hydrogens (tertiary/aromatic N) is 2. The van der Waals surface area contributed by atoms with E-state index >= 15 is 0 Å². The van der Waals surface area contributed by atoms with Crippen molar-refractivity contribution >= 4 is 29.2 Å². The number of benzene rings is 2. The third-order valence-electron chi connectivity index (χ3n) is 6.12. The molecule has 2 heterocycles. The number of anilines is 1. The molecule has 1 aliphatic rings. The zero-order valence-electron chi connectivity index (χ0n) is 20.0. The van der Waals surface area contributed by atoms with Crippen LogP contribution in [0.2, 0.25) is 5.02 Å². The molecule has 0 radical (unpaired) electrons. The lowest BCUT2D eigenvalue weighted by Crippen LogP contribution is -2.35. The lowest BCUT2D eigenvalue weighted by Gasteiger charge is -2.31. The first-order valence-electron chi connectivity index (χ1n) is 11.1. The van der Waals surface area contributed by atoms with E-state index < -0.39 is 24.0 Å². The zero-order chi connectivity index (χ0) is 26.9. The first-order valence-corrected chi connectivity index (χ1v) is 11.5. The van der Waals surface area contributed by atoms with Crippen LogP contribution in [0.25, 0.3) is 0 Å². The summed E-state index contributed by atoms with van der Waals surface area (Å²) >= 11 is 6.41. The molecular formula is C26H22ClF3N2O5. The molecule has 0 aliphatic carbocycles. The Kier molecular flexibility index (Phi) is 7.31. The van der Waals surface area contributed by atoms with Crippen molar-refractivity contribution in [2.24, 2.45) is 0 Å². The summed E-state index contributed by atoms with van der Waals surface area (Å²) in [7, 11) is 2.74. The number of esters is 1. The smallest absolute Gasteiger partial charge is 0.396 e. The number of carbonyl (C=O) groups is 2. The molecule has 194 valence electrons. The standard InChI is InChI=1S/C26H22ClF3N2O5/c1-14(24(26(28,29)30)15-4-8-21-20(10-15)32(2)23(33)13-36-21)18-7-6-17(11-19(18)27)37-22-9-5-16(12-31-22)25(34)35-3/h4-12,14,24H,13H2,1-3H3. The molecule has 37 heavy (non-hydrogen) atoms. The second kappa shape index (κ2) is 10.3. The van der Waals surface area contributed by atoms with Gasteiger partial charge in [0, 0.05) is 24.3 Å². The number of aromatic nitrogens is 1. The van der Waals surface area contributed by atoms with Gasteiger partial charge in [0.15, 0.2) is 6.61 Å². The monoisotopic (exact) mass is 534 g/mol. The van der Waals surface area contributed by atoms with E-state index in [1.807, 2.05) is 0 Å². The molecule has 11 heteroatoms. The molecule has 2 aromatic carbocycles. The molecule has 0 saturated carbocycles. The van der Waals surface area contributed by atoms with Gasteiger partial charge in [-0.3, -0.25) is 4.79 Å². The number of rotatable bonds is 6. The second-order valence-electron chi connectivity index (χ2n) is 8.44. The van der Waals surface area contributed by atoms with E-state index in [9.17, 15) is 22.8 Å². The third kappa shape index (κ3) is 5.48. The van der Waals surface area contributed by atoms with Crippen LogP contribution in [0.1, 0.15) is 40.2 Å². The van der Waals surface area contributed by atoms with Gasteiger partial charge in [0.05, 0.1) is 24.3 Å². The van der Waals surface area contributed by atoms with Crippen molar-refractivity contribution in [2.45, 2.75) is 24.9 Å². The number of likely N-dealkylation sites (N-methyl/N-ethyl adjacent to an activating group) is 1. The maximum absolute atomic E-state index is 14.3. The number of ether oxygens (including phenoxy) is 3. The van der Waals surface area contributed by atoms with Crippen molar-refractivity contribution in [1.82, 2.24) is 4.98 Å². The minimum absolute atomic E-state index is 0.0183. The van der Waals surface area contributed by atoms with Crippen LogP contribution >= 0.6 is 11.6 Å². The number of carbonyl (C=O) groups excluding carboxylic acids is 2. The highest BCUT2D eigenvalue weighted by Gasteiger charge is 2.45. The highest BCUT2D eigenvalue weighted by atomic mass is 35.5. The van der Waals surface area contributed by atoms with E-state index in [4.69, 9.17) is 21.1 Å². The summed E-state index contributed by atoms with van der Waals surface area (Å²) in [4.78, 5) is 28.8. The molecule has 0 saturated heterocycles. The van der Waals surface area contributed by atoms with Gasteiger partial charge in [-0.1, -0.05) is 30.7 Å².